The fourth-order valence-corrected chi connectivity index (χ4v) is 3.24. The van der Waals surface area contributed by atoms with Crippen molar-refractivity contribution in [1.82, 2.24) is 9.97 Å². The summed E-state index contributed by atoms with van der Waals surface area (Å²) in [5.41, 5.74) is 12.5. The molecule has 0 spiro atoms. The third-order valence-corrected chi connectivity index (χ3v) is 4.58. The van der Waals surface area contributed by atoms with E-state index in [1.165, 1.54) is 17.8 Å². The molecule has 122 valence electrons. The van der Waals surface area contributed by atoms with Crippen LogP contribution in [0.1, 0.15) is 17.0 Å². The Morgan fingerprint density at radius 2 is 2.12 bits per heavy atom. The Labute approximate surface area is 149 Å². The molecule has 1 atom stereocenters. The highest BCUT2D eigenvalue weighted by molar-refractivity contribution is 9.10. The zero-order chi connectivity index (χ0) is 17.4. The third-order valence-electron chi connectivity index (χ3n) is 3.54. The second-order valence-electron chi connectivity index (χ2n) is 4.91. The van der Waals surface area contributed by atoms with Crippen LogP contribution in [0.5, 0.6) is 5.88 Å². The van der Waals surface area contributed by atoms with Crippen LogP contribution in [0.15, 0.2) is 39.3 Å². The van der Waals surface area contributed by atoms with Crippen molar-refractivity contribution in [3.63, 3.8) is 0 Å². The van der Waals surface area contributed by atoms with Gasteiger partial charge in [0.1, 0.15) is 23.3 Å². The Morgan fingerprint density at radius 3 is 2.79 bits per heavy atom. The molecule has 0 fully saturated rings. The number of ether oxygens (including phenoxy) is 1. The molecule has 0 radical (unpaired) electrons. The summed E-state index contributed by atoms with van der Waals surface area (Å²) >= 11 is 4.59. The van der Waals surface area contributed by atoms with Crippen molar-refractivity contribution >= 4 is 33.5 Å². The highest BCUT2D eigenvalue weighted by Gasteiger charge is 2.36. The number of hydrogen-bond donors (Lipinski definition) is 2. The smallest absolute Gasteiger partial charge is 0.231 e. The predicted octanol–water partition coefficient (Wildman–Crippen LogP) is 2.90. The Bertz CT molecular complexity index is 911. The largest absolute Gasteiger partial charge is 0.422 e. The summed E-state index contributed by atoms with van der Waals surface area (Å²) in [6.07, 6.45) is 1.79. The number of nitrogens with two attached hydrogens (primary N) is 2. The molecule has 0 amide bonds. The molecule has 4 N–H and O–H groups in total. The maximum Gasteiger partial charge on any atom is 0.231 e. The SMILES string of the molecule is CSc1nc(N)c2c(n1)OC(N)=C(C#N)[C@H]2c1cc(Br)ccc1F. The second-order valence-corrected chi connectivity index (χ2v) is 6.59. The molecule has 1 aromatic carbocycles. The van der Waals surface area contributed by atoms with Crippen molar-refractivity contribution in [2.75, 3.05) is 12.0 Å². The van der Waals surface area contributed by atoms with E-state index in [4.69, 9.17) is 16.2 Å². The van der Waals surface area contributed by atoms with Crippen molar-refractivity contribution in [2.45, 2.75) is 11.1 Å². The van der Waals surface area contributed by atoms with Crippen molar-refractivity contribution in [1.29, 1.82) is 5.26 Å². The number of nitrogen functional groups attached to an aromatic ring is 1. The number of fused-ring (bicyclic) bond motifs is 1. The molecule has 0 bridgehead atoms. The number of anilines is 1. The lowest BCUT2D eigenvalue weighted by Crippen LogP contribution is -2.24. The summed E-state index contributed by atoms with van der Waals surface area (Å²) in [5.74, 6) is -1.21. The minimum absolute atomic E-state index is 0.0618. The second kappa shape index (κ2) is 6.30. The summed E-state index contributed by atoms with van der Waals surface area (Å²) in [6.45, 7) is 0. The first-order chi connectivity index (χ1) is 11.5. The average Bonchev–Trinajstić information content (AvgIpc) is 2.55. The van der Waals surface area contributed by atoms with E-state index in [0.29, 0.717) is 15.2 Å². The monoisotopic (exact) mass is 407 g/mol. The number of rotatable bonds is 2. The molecule has 1 aromatic heterocycles. The number of benzene rings is 1. The van der Waals surface area contributed by atoms with Crippen LogP contribution in [0, 0.1) is 17.1 Å². The standard InChI is InChI=1S/C15H11BrFN5OS/c1-24-15-21-12(19)11-10(7-4-6(16)2-3-9(7)17)8(5-18)13(20)23-14(11)22-15/h2-4,10H,20H2,1H3,(H2,19,21,22)/t10-/m1/s1. The van der Waals surface area contributed by atoms with Gasteiger partial charge in [-0.15, -0.1) is 0 Å². The van der Waals surface area contributed by atoms with Gasteiger partial charge < -0.3 is 16.2 Å². The van der Waals surface area contributed by atoms with E-state index in [9.17, 15) is 9.65 Å². The maximum atomic E-state index is 14.4. The van der Waals surface area contributed by atoms with Crippen LogP contribution in [0.3, 0.4) is 0 Å². The molecular formula is C15H11BrFN5OS. The van der Waals surface area contributed by atoms with Gasteiger partial charge in [-0.2, -0.15) is 10.2 Å². The van der Waals surface area contributed by atoms with Crippen molar-refractivity contribution in [2.24, 2.45) is 5.73 Å². The fraction of sp³-hybridized carbons (Fsp3) is 0.133. The van der Waals surface area contributed by atoms with Crippen LogP contribution in [0.2, 0.25) is 0 Å². The van der Waals surface area contributed by atoms with E-state index >= 15 is 0 Å². The van der Waals surface area contributed by atoms with Crippen molar-refractivity contribution < 1.29 is 9.13 Å². The van der Waals surface area contributed by atoms with Crippen LogP contribution in [0.4, 0.5) is 10.2 Å². The van der Waals surface area contributed by atoms with Gasteiger partial charge in [0.05, 0.1) is 11.5 Å². The normalized spacial score (nSPS) is 16.3. The molecule has 0 aliphatic carbocycles. The molecule has 0 saturated carbocycles. The van der Waals surface area contributed by atoms with E-state index in [1.807, 2.05) is 6.07 Å². The van der Waals surface area contributed by atoms with Gasteiger partial charge in [0.25, 0.3) is 0 Å². The number of nitriles is 1. The number of aromatic nitrogens is 2. The summed E-state index contributed by atoms with van der Waals surface area (Å²) < 4.78 is 20.5. The highest BCUT2D eigenvalue weighted by atomic mass is 79.9. The summed E-state index contributed by atoms with van der Waals surface area (Å²) in [5, 5.41) is 9.88. The van der Waals surface area contributed by atoms with Crippen LogP contribution < -0.4 is 16.2 Å². The molecule has 2 aromatic rings. The quantitative estimate of drug-likeness (QED) is 0.581. The Hall–Kier alpha value is -2.31. The molecule has 2 heterocycles. The fourth-order valence-electron chi connectivity index (χ4n) is 2.50. The minimum Gasteiger partial charge on any atom is -0.422 e. The topological polar surface area (TPSA) is 111 Å². The van der Waals surface area contributed by atoms with Gasteiger partial charge in [-0.25, -0.2) is 9.37 Å². The van der Waals surface area contributed by atoms with Gasteiger partial charge in [0, 0.05) is 10.0 Å². The molecule has 24 heavy (non-hydrogen) atoms. The maximum absolute atomic E-state index is 14.4. The third kappa shape index (κ3) is 2.68. The Morgan fingerprint density at radius 1 is 1.38 bits per heavy atom. The van der Waals surface area contributed by atoms with Gasteiger partial charge >= 0.3 is 0 Å². The number of allylic oxidation sites excluding steroid dienone is 1. The first-order valence-corrected chi connectivity index (χ1v) is 8.72. The van der Waals surface area contributed by atoms with E-state index in [-0.39, 0.29) is 28.7 Å². The molecule has 0 unspecified atom stereocenters. The molecule has 1 aliphatic heterocycles. The van der Waals surface area contributed by atoms with Crippen LogP contribution >= 0.6 is 27.7 Å². The molecular weight excluding hydrogens is 397 g/mol. The molecule has 1 aliphatic rings. The summed E-state index contributed by atoms with van der Waals surface area (Å²) in [7, 11) is 0. The first kappa shape index (κ1) is 16.5. The number of halogens is 2. The Balaban J connectivity index is 2.32. The molecule has 3 rings (SSSR count). The zero-order valence-corrected chi connectivity index (χ0v) is 14.8. The predicted molar refractivity (Wildman–Crippen MR) is 91.6 cm³/mol. The lowest BCUT2D eigenvalue weighted by molar-refractivity contribution is 0.372. The van der Waals surface area contributed by atoms with Gasteiger partial charge in [-0.05, 0) is 24.5 Å². The lowest BCUT2D eigenvalue weighted by Gasteiger charge is -2.26. The van der Waals surface area contributed by atoms with E-state index in [1.54, 1.807) is 18.4 Å². The Kier molecular flexibility index (Phi) is 4.34. The van der Waals surface area contributed by atoms with Crippen molar-refractivity contribution in [3.8, 4) is 11.9 Å². The van der Waals surface area contributed by atoms with Crippen molar-refractivity contribution in [3.05, 3.63) is 51.1 Å². The number of thioether (sulfide) groups is 1. The number of hydrogen-bond acceptors (Lipinski definition) is 7. The van der Waals surface area contributed by atoms with Gasteiger partial charge in [0.2, 0.25) is 11.8 Å². The molecule has 0 saturated heterocycles. The minimum atomic E-state index is -0.841. The van der Waals surface area contributed by atoms with Crippen LogP contribution in [0.25, 0.3) is 0 Å². The van der Waals surface area contributed by atoms with E-state index in [2.05, 4.69) is 25.9 Å². The van der Waals surface area contributed by atoms with E-state index in [0.717, 1.165) is 0 Å². The summed E-state index contributed by atoms with van der Waals surface area (Å²) in [6, 6.07) is 6.41. The number of nitrogens with zero attached hydrogens (tertiary/aromatic N) is 3. The van der Waals surface area contributed by atoms with Crippen LogP contribution in [-0.2, 0) is 0 Å². The molecule has 6 nitrogen and oxygen atoms in total. The van der Waals surface area contributed by atoms with Gasteiger partial charge in [-0.1, -0.05) is 27.7 Å². The van der Waals surface area contributed by atoms with Gasteiger partial charge in [-0.3, -0.25) is 0 Å². The lowest BCUT2D eigenvalue weighted by atomic mass is 9.84. The molecule has 9 heteroatoms. The highest BCUT2D eigenvalue weighted by Crippen LogP contribution is 2.45. The average molecular weight is 408 g/mol. The van der Waals surface area contributed by atoms with E-state index < -0.39 is 11.7 Å². The first-order valence-electron chi connectivity index (χ1n) is 6.70. The van der Waals surface area contributed by atoms with Gasteiger partial charge in [0.15, 0.2) is 5.16 Å². The van der Waals surface area contributed by atoms with Crippen LogP contribution in [-0.4, -0.2) is 16.2 Å². The summed E-state index contributed by atoms with van der Waals surface area (Å²) in [4.78, 5) is 8.40. The zero-order valence-electron chi connectivity index (χ0n) is 12.4.